The van der Waals surface area contributed by atoms with Gasteiger partial charge in [0.1, 0.15) is 5.60 Å². The highest BCUT2D eigenvalue weighted by Crippen LogP contribution is 2.22. The van der Waals surface area contributed by atoms with Gasteiger partial charge >= 0.3 is 5.97 Å². The van der Waals surface area contributed by atoms with E-state index in [1.54, 1.807) is 0 Å². The summed E-state index contributed by atoms with van der Waals surface area (Å²) < 4.78 is 5.53. The second kappa shape index (κ2) is 5.74. The van der Waals surface area contributed by atoms with Crippen LogP contribution in [-0.4, -0.2) is 19.6 Å². The van der Waals surface area contributed by atoms with Crippen LogP contribution in [0.2, 0.25) is 19.6 Å². The molecule has 0 aliphatic carbocycles. The fourth-order valence-corrected chi connectivity index (χ4v) is 2.89. The number of ether oxygens (including phenoxy) is 1. The Hall–Kier alpha value is -1.35. The van der Waals surface area contributed by atoms with E-state index in [2.05, 4.69) is 19.6 Å². The molecule has 0 spiro atoms. The van der Waals surface area contributed by atoms with Crippen molar-refractivity contribution in [3.63, 3.8) is 0 Å². The summed E-state index contributed by atoms with van der Waals surface area (Å²) in [6.45, 7) is 12.2. The van der Waals surface area contributed by atoms with E-state index >= 15 is 0 Å². The van der Waals surface area contributed by atoms with Crippen LogP contribution in [0.4, 0.5) is 0 Å². The van der Waals surface area contributed by atoms with Crippen LogP contribution in [0, 0.1) is 0 Å². The zero-order chi connectivity index (χ0) is 14.7. The van der Waals surface area contributed by atoms with Gasteiger partial charge in [-0.3, -0.25) is 0 Å². The van der Waals surface area contributed by atoms with Crippen LogP contribution in [0.3, 0.4) is 0 Å². The molecule has 2 nitrogen and oxygen atoms in total. The van der Waals surface area contributed by atoms with Gasteiger partial charge in [-0.2, -0.15) is 0 Å². The number of carbonyl (C=O) groups is 1. The first-order valence-corrected chi connectivity index (χ1v) is 10.1. The highest BCUT2D eigenvalue weighted by Gasteiger charge is 2.29. The molecule has 0 unspecified atom stereocenters. The first-order chi connectivity index (χ1) is 8.59. The van der Waals surface area contributed by atoms with Gasteiger partial charge in [0.25, 0.3) is 0 Å². The summed E-state index contributed by atoms with van der Waals surface area (Å²) >= 11 is 0. The van der Waals surface area contributed by atoms with Gasteiger partial charge in [-0.1, -0.05) is 50.0 Å². The molecule has 0 saturated heterocycles. The van der Waals surface area contributed by atoms with Crippen LogP contribution in [0.15, 0.2) is 35.5 Å². The standard InChI is InChI=1S/C16H24O2Si/c1-16(2,3)18-15(17)14(19(4,5)6)12-13-10-8-7-9-11-13/h7-12H,1-6H3/b14-12-. The lowest BCUT2D eigenvalue weighted by atomic mass is 10.2. The molecule has 19 heavy (non-hydrogen) atoms. The van der Waals surface area contributed by atoms with Crippen LogP contribution >= 0.6 is 0 Å². The van der Waals surface area contributed by atoms with Gasteiger partial charge in [0.15, 0.2) is 0 Å². The maximum Gasteiger partial charge on any atom is 0.330 e. The number of hydrogen-bond acceptors (Lipinski definition) is 2. The van der Waals surface area contributed by atoms with Crippen molar-refractivity contribution >= 4 is 20.1 Å². The maximum absolute atomic E-state index is 12.4. The van der Waals surface area contributed by atoms with Gasteiger partial charge in [0.2, 0.25) is 0 Å². The lowest BCUT2D eigenvalue weighted by molar-refractivity contribution is -0.149. The Balaban J connectivity index is 3.10. The van der Waals surface area contributed by atoms with Crippen molar-refractivity contribution in [2.24, 2.45) is 0 Å². The molecule has 0 aromatic heterocycles. The molecular formula is C16H24O2Si. The molecule has 0 heterocycles. The summed E-state index contributed by atoms with van der Waals surface area (Å²) in [7, 11) is -1.75. The van der Waals surface area contributed by atoms with E-state index in [4.69, 9.17) is 4.74 Å². The summed E-state index contributed by atoms with van der Waals surface area (Å²) in [6, 6.07) is 9.93. The third-order valence-corrected chi connectivity index (χ3v) is 4.50. The summed E-state index contributed by atoms with van der Waals surface area (Å²) in [5, 5.41) is 0.827. The number of carbonyl (C=O) groups excluding carboxylic acids is 1. The zero-order valence-corrected chi connectivity index (χ0v) is 13.8. The van der Waals surface area contributed by atoms with Crippen LogP contribution < -0.4 is 0 Å². The Bertz CT molecular complexity index is 462. The maximum atomic E-state index is 12.4. The normalized spacial score (nSPS) is 13.3. The van der Waals surface area contributed by atoms with E-state index in [9.17, 15) is 4.79 Å². The molecule has 0 atom stereocenters. The van der Waals surface area contributed by atoms with E-state index in [0.29, 0.717) is 0 Å². The van der Waals surface area contributed by atoms with E-state index in [1.807, 2.05) is 57.2 Å². The van der Waals surface area contributed by atoms with Crippen molar-refractivity contribution in [2.45, 2.75) is 46.0 Å². The van der Waals surface area contributed by atoms with Crippen molar-refractivity contribution in [2.75, 3.05) is 0 Å². The van der Waals surface area contributed by atoms with Crippen molar-refractivity contribution in [3.05, 3.63) is 41.1 Å². The molecule has 0 N–H and O–H groups in total. The van der Waals surface area contributed by atoms with Crippen LogP contribution in [0.5, 0.6) is 0 Å². The smallest absolute Gasteiger partial charge is 0.330 e. The molecule has 0 aliphatic heterocycles. The Morgan fingerprint density at radius 3 is 2.05 bits per heavy atom. The van der Waals surface area contributed by atoms with Crippen molar-refractivity contribution in [1.29, 1.82) is 0 Å². The van der Waals surface area contributed by atoms with Gasteiger partial charge in [-0.05, 0) is 32.4 Å². The number of esters is 1. The Labute approximate surface area is 117 Å². The van der Waals surface area contributed by atoms with Crippen LogP contribution in [0.25, 0.3) is 6.08 Å². The van der Waals surface area contributed by atoms with Crippen molar-refractivity contribution in [3.8, 4) is 0 Å². The summed E-state index contributed by atoms with van der Waals surface area (Å²) in [4.78, 5) is 12.4. The van der Waals surface area contributed by atoms with Gasteiger partial charge in [0.05, 0.1) is 8.07 Å². The Kier molecular flexibility index (Phi) is 4.74. The molecule has 1 aromatic carbocycles. The molecule has 1 aromatic rings. The van der Waals surface area contributed by atoms with Gasteiger partial charge in [0, 0.05) is 5.20 Å². The fourth-order valence-electron chi connectivity index (χ4n) is 1.63. The van der Waals surface area contributed by atoms with E-state index in [1.165, 1.54) is 0 Å². The van der Waals surface area contributed by atoms with Crippen LogP contribution in [0.1, 0.15) is 26.3 Å². The average Bonchev–Trinajstić information content (AvgIpc) is 2.23. The first-order valence-electron chi connectivity index (χ1n) is 6.60. The SMILES string of the molecule is CC(C)(C)OC(=O)/C(=C/c1ccccc1)[Si](C)(C)C. The molecular weight excluding hydrogens is 252 g/mol. The van der Waals surface area contributed by atoms with Gasteiger partial charge < -0.3 is 4.74 Å². The third kappa shape index (κ3) is 5.43. The highest BCUT2D eigenvalue weighted by molar-refractivity contribution is 6.87. The lowest BCUT2D eigenvalue weighted by Gasteiger charge is -2.25. The molecule has 0 saturated carbocycles. The highest BCUT2D eigenvalue weighted by atomic mass is 28.3. The molecule has 1 rings (SSSR count). The summed E-state index contributed by atoms with van der Waals surface area (Å²) in [5.41, 5.74) is 0.595. The first kappa shape index (κ1) is 15.7. The summed E-state index contributed by atoms with van der Waals surface area (Å²) in [6.07, 6.45) is 1.97. The zero-order valence-electron chi connectivity index (χ0n) is 12.8. The largest absolute Gasteiger partial charge is 0.457 e. The van der Waals surface area contributed by atoms with Crippen molar-refractivity contribution < 1.29 is 9.53 Å². The molecule has 0 bridgehead atoms. The molecule has 0 amide bonds. The summed E-state index contributed by atoms with van der Waals surface area (Å²) in [5.74, 6) is -0.185. The predicted octanol–water partition coefficient (Wildman–Crippen LogP) is 4.29. The Morgan fingerprint density at radius 2 is 1.63 bits per heavy atom. The van der Waals surface area contributed by atoms with Crippen LogP contribution in [-0.2, 0) is 9.53 Å². The minimum absolute atomic E-state index is 0.185. The van der Waals surface area contributed by atoms with Crippen molar-refractivity contribution in [1.82, 2.24) is 0 Å². The molecule has 3 heteroatoms. The quantitative estimate of drug-likeness (QED) is 0.468. The van der Waals surface area contributed by atoms with E-state index in [-0.39, 0.29) is 5.97 Å². The van der Waals surface area contributed by atoms with E-state index in [0.717, 1.165) is 10.8 Å². The topological polar surface area (TPSA) is 26.3 Å². The molecule has 0 radical (unpaired) electrons. The minimum atomic E-state index is -1.75. The van der Waals surface area contributed by atoms with Gasteiger partial charge in [-0.15, -0.1) is 0 Å². The molecule has 0 aliphatic rings. The third-order valence-electron chi connectivity index (χ3n) is 2.54. The Morgan fingerprint density at radius 1 is 1.11 bits per heavy atom. The monoisotopic (exact) mass is 276 g/mol. The number of benzene rings is 1. The van der Waals surface area contributed by atoms with Gasteiger partial charge in [-0.25, -0.2) is 4.79 Å². The average molecular weight is 276 g/mol. The second-order valence-electron chi connectivity index (χ2n) is 6.72. The number of rotatable bonds is 3. The minimum Gasteiger partial charge on any atom is -0.457 e. The molecule has 0 fully saturated rings. The fraction of sp³-hybridized carbons (Fsp3) is 0.438. The lowest BCUT2D eigenvalue weighted by Crippen LogP contribution is -2.34. The molecule has 104 valence electrons. The predicted molar refractivity (Wildman–Crippen MR) is 83.6 cm³/mol. The second-order valence-corrected chi connectivity index (χ2v) is 11.8. The van der Waals surface area contributed by atoms with E-state index < -0.39 is 13.7 Å². The number of hydrogen-bond donors (Lipinski definition) is 0.